The van der Waals surface area contributed by atoms with Crippen molar-refractivity contribution in [3.8, 4) is 0 Å². The highest BCUT2D eigenvalue weighted by atomic mass is 16.1. The van der Waals surface area contributed by atoms with Crippen molar-refractivity contribution in [2.75, 3.05) is 14.1 Å². The number of nitrogens with zero attached hydrogens (tertiary/aromatic N) is 3. The molecule has 0 bridgehead atoms. The number of Topliss-reactive ketones (excluding diaryl/α,β-unsaturated/α-hetero) is 1. The summed E-state index contributed by atoms with van der Waals surface area (Å²) in [6.45, 7) is 7.23. The van der Waals surface area contributed by atoms with Gasteiger partial charge in [-0.15, -0.1) is 0 Å². The van der Waals surface area contributed by atoms with Crippen molar-refractivity contribution in [2.45, 2.75) is 58.5 Å². The summed E-state index contributed by atoms with van der Waals surface area (Å²) in [5.41, 5.74) is -0.358. The number of aromatic nitrogens is 2. The van der Waals surface area contributed by atoms with Gasteiger partial charge < -0.3 is 4.57 Å². The van der Waals surface area contributed by atoms with E-state index in [0.29, 0.717) is 6.42 Å². The monoisotopic (exact) mass is 265 g/mol. The van der Waals surface area contributed by atoms with E-state index in [9.17, 15) is 4.79 Å². The van der Waals surface area contributed by atoms with Crippen LogP contribution in [0.5, 0.6) is 0 Å². The van der Waals surface area contributed by atoms with Crippen molar-refractivity contribution in [2.24, 2.45) is 0 Å². The van der Waals surface area contributed by atoms with Gasteiger partial charge in [-0.1, -0.05) is 20.8 Å². The number of rotatable bonds is 8. The maximum Gasteiger partial charge on any atom is 0.160 e. The Bertz CT molecular complexity index is 405. The zero-order chi connectivity index (χ0) is 14.5. The second-order valence-corrected chi connectivity index (χ2v) is 5.27. The maximum atomic E-state index is 12.7. The van der Waals surface area contributed by atoms with Gasteiger partial charge in [0.15, 0.2) is 5.78 Å². The third kappa shape index (κ3) is 3.24. The summed E-state index contributed by atoms with van der Waals surface area (Å²) in [7, 11) is 3.98. The van der Waals surface area contributed by atoms with Gasteiger partial charge >= 0.3 is 0 Å². The molecule has 0 saturated heterocycles. The molecule has 0 N–H and O–H groups in total. The van der Waals surface area contributed by atoms with Gasteiger partial charge in [0.2, 0.25) is 0 Å². The molecule has 4 nitrogen and oxygen atoms in total. The Hall–Kier alpha value is -1.16. The SMILES string of the molecule is CCCn1ccnc1CC(=O)C(CC)(CC)N(C)C. The van der Waals surface area contributed by atoms with E-state index in [1.807, 2.05) is 20.3 Å². The Balaban J connectivity index is 2.91. The number of carbonyl (C=O) groups excluding carboxylic acids is 1. The largest absolute Gasteiger partial charge is 0.335 e. The van der Waals surface area contributed by atoms with Crippen LogP contribution in [0.2, 0.25) is 0 Å². The summed E-state index contributed by atoms with van der Waals surface area (Å²) in [4.78, 5) is 19.1. The molecule has 0 fully saturated rings. The van der Waals surface area contributed by atoms with Crippen LogP contribution in [-0.4, -0.2) is 39.9 Å². The standard InChI is InChI=1S/C15H27N3O/c1-6-10-18-11-9-16-14(18)12-13(19)15(7-2,8-3)17(4)5/h9,11H,6-8,10,12H2,1-5H3. The Morgan fingerprint density at radius 3 is 2.42 bits per heavy atom. The molecule has 0 unspecified atom stereocenters. The van der Waals surface area contributed by atoms with Crippen LogP contribution in [-0.2, 0) is 17.8 Å². The number of ketones is 1. The molecule has 1 heterocycles. The molecule has 0 saturated carbocycles. The molecule has 0 aliphatic rings. The van der Waals surface area contributed by atoms with Crippen molar-refractivity contribution < 1.29 is 4.79 Å². The molecule has 1 rings (SSSR count). The van der Waals surface area contributed by atoms with Gasteiger partial charge in [-0.3, -0.25) is 9.69 Å². The quantitative estimate of drug-likeness (QED) is 0.725. The minimum Gasteiger partial charge on any atom is -0.335 e. The molecule has 0 atom stereocenters. The lowest BCUT2D eigenvalue weighted by Crippen LogP contribution is -2.51. The Morgan fingerprint density at radius 1 is 1.32 bits per heavy atom. The van der Waals surface area contributed by atoms with Crippen LogP contribution in [0.4, 0.5) is 0 Å². The van der Waals surface area contributed by atoms with Crippen LogP contribution >= 0.6 is 0 Å². The summed E-state index contributed by atoms with van der Waals surface area (Å²) < 4.78 is 2.09. The van der Waals surface area contributed by atoms with Crippen molar-refractivity contribution in [3.05, 3.63) is 18.2 Å². The van der Waals surface area contributed by atoms with Gasteiger partial charge in [0, 0.05) is 18.9 Å². The van der Waals surface area contributed by atoms with Crippen molar-refractivity contribution in [1.82, 2.24) is 14.5 Å². The van der Waals surface area contributed by atoms with E-state index in [-0.39, 0.29) is 11.3 Å². The Labute approximate surface area is 116 Å². The summed E-state index contributed by atoms with van der Waals surface area (Å²) in [5.74, 6) is 1.16. The number of imidazole rings is 1. The average molecular weight is 265 g/mol. The van der Waals surface area contributed by atoms with E-state index >= 15 is 0 Å². The van der Waals surface area contributed by atoms with Gasteiger partial charge in [0.05, 0.1) is 12.0 Å². The fraction of sp³-hybridized carbons (Fsp3) is 0.733. The van der Waals surface area contributed by atoms with Gasteiger partial charge in [-0.2, -0.15) is 0 Å². The first-order valence-electron chi connectivity index (χ1n) is 7.22. The molecule has 19 heavy (non-hydrogen) atoms. The van der Waals surface area contributed by atoms with Crippen LogP contribution in [0.25, 0.3) is 0 Å². The number of hydrogen-bond donors (Lipinski definition) is 0. The Kier molecular flexibility index (Phi) is 5.73. The second-order valence-electron chi connectivity index (χ2n) is 5.27. The molecule has 1 aromatic heterocycles. The fourth-order valence-electron chi connectivity index (χ4n) is 2.79. The molecule has 0 radical (unpaired) electrons. The first-order chi connectivity index (χ1) is 9.01. The predicted octanol–water partition coefficient (Wildman–Crippen LogP) is 2.53. The summed E-state index contributed by atoms with van der Waals surface area (Å²) in [6, 6.07) is 0. The lowest BCUT2D eigenvalue weighted by Gasteiger charge is -2.37. The molecule has 1 aromatic rings. The fourth-order valence-corrected chi connectivity index (χ4v) is 2.79. The van der Waals surface area contributed by atoms with Crippen LogP contribution in [0.15, 0.2) is 12.4 Å². The highest BCUT2D eigenvalue weighted by Crippen LogP contribution is 2.24. The second kappa shape index (κ2) is 6.85. The first-order valence-corrected chi connectivity index (χ1v) is 7.22. The first kappa shape index (κ1) is 15.9. The minimum atomic E-state index is -0.358. The molecular weight excluding hydrogens is 238 g/mol. The van der Waals surface area contributed by atoms with E-state index < -0.39 is 0 Å². The van der Waals surface area contributed by atoms with Crippen molar-refractivity contribution >= 4 is 5.78 Å². The lowest BCUT2D eigenvalue weighted by molar-refractivity contribution is -0.129. The highest BCUT2D eigenvalue weighted by Gasteiger charge is 2.37. The molecule has 0 aromatic carbocycles. The van der Waals surface area contributed by atoms with Crippen molar-refractivity contribution in [3.63, 3.8) is 0 Å². The molecule has 4 heteroatoms. The average Bonchev–Trinajstić information content (AvgIpc) is 2.79. The third-order valence-electron chi connectivity index (χ3n) is 4.13. The van der Waals surface area contributed by atoms with Gasteiger partial charge in [0.25, 0.3) is 0 Å². The number of carbonyl (C=O) groups is 1. The van der Waals surface area contributed by atoms with E-state index in [2.05, 4.69) is 35.2 Å². The number of aryl methyl sites for hydroxylation is 1. The normalized spacial score (nSPS) is 12.1. The maximum absolute atomic E-state index is 12.7. The van der Waals surface area contributed by atoms with Crippen LogP contribution in [0.3, 0.4) is 0 Å². The zero-order valence-corrected chi connectivity index (χ0v) is 12.9. The topological polar surface area (TPSA) is 38.1 Å². The zero-order valence-electron chi connectivity index (χ0n) is 12.9. The molecule has 0 spiro atoms. The van der Waals surface area contributed by atoms with E-state index in [1.165, 1.54) is 0 Å². The number of likely N-dealkylation sites (N-methyl/N-ethyl adjacent to an activating group) is 1. The van der Waals surface area contributed by atoms with E-state index in [0.717, 1.165) is 31.6 Å². The summed E-state index contributed by atoms with van der Waals surface area (Å²) in [6.07, 6.45) is 6.90. The Morgan fingerprint density at radius 2 is 1.95 bits per heavy atom. The molecule has 0 aliphatic heterocycles. The molecule has 108 valence electrons. The van der Waals surface area contributed by atoms with Gasteiger partial charge in [0.1, 0.15) is 5.82 Å². The minimum absolute atomic E-state index is 0.269. The third-order valence-corrected chi connectivity index (χ3v) is 4.13. The lowest BCUT2D eigenvalue weighted by atomic mass is 9.85. The van der Waals surface area contributed by atoms with E-state index in [4.69, 9.17) is 0 Å². The van der Waals surface area contributed by atoms with Crippen molar-refractivity contribution in [1.29, 1.82) is 0 Å². The van der Waals surface area contributed by atoms with Crippen LogP contribution < -0.4 is 0 Å². The predicted molar refractivity (Wildman–Crippen MR) is 78.2 cm³/mol. The molecule has 0 amide bonds. The molecular formula is C15H27N3O. The van der Waals surface area contributed by atoms with Crippen LogP contribution in [0, 0.1) is 0 Å². The van der Waals surface area contributed by atoms with E-state index in [1.54, 1.807) is 6.20 Å². The van der Waals surface area contributed by atoms with Gasteiger partial charge in [-0.25, -0.2) is 4.98 Å². The highest BCUT2D eigenvalue weighted by molar-refractivity contribution is 5.89. The van der Waals surface area contributed by atoms with Gasteiger partial charge in [-0.05, 0) is 33.4 Å². The summed E-state index contributed by atoms with van der Waals surface area (Å²) >= 11 is 0. The smallest absolute Gasteiger partial charge is 0.160 e. The summed E-state index contributed by atoms with van der Waals surface area (Å²) in [5, 5.41) is 0. The number of hydrogen-bond acceptors (Lipinski definition) is 3. The van der Waals surface area contributed by atoms with Crippen LogP contribution in [0.1, 0.15) is 45.9 Å². The molecule has 0 aliphatic carbocycles.